The topological polar surface area (TPSA) is 49.3 Å². The predicted molar refractivity (Wildman–Crippen MR) is 84.5 cm³/mol. The van der Waals surface area contributed by atoms with Gasteiger partial charge < -0.3 is 9.80 Å². The van der Waals surface area contributed by atoms with Gasteiger partial charge in [0.15, 0.2) is 0 Å². The lowest BCUT2D eigenvalue weighted by molar-refractivity contribution is -0.141. The van der Waals surface area contributed by atoms with Crippen LogP contribution in [0.25, 0.3) is 0 Å². The molecule has 0 saturated carbocycles. The van der Waals surface area contributed by atoms with E-state index in [0.717, 1.165) is 12.3 Å². The van der Waals surface area contributed by atoms with Crippen LogP contribution >= 0.6 is 0 Å². The standard InChI is InChI=1S/C16H23F3N4O/c1-15(2,3)13(24)22(4)11-6-9-23(10-7-11)14-20-8-5-12(21-14)16(17,18)19/h5,8,11H,6-7,9-10H2,1-4H3. The van der Waals surface area contributed by atoms with E-state index in [1.54, 1.807) is 16.8 Å². The summed E-state index contributed by atoms with van der Waals surface area (Å²) in [6, 6.07) is 0.949. The van der Waals surface area contributed by atoms with Crippen molar-refractivity contribution >= 4 is 11.9 Å². The van der Waals surface area contributed by atoms with Gasteiger partial charge in [0.25, 0.3) is 0 Å². The molecule has 8 heteroatoms. The van der Waals surface area contributed by atoms with E-state index in [2.05, 4.69) is 9.97 Å². The maximum atomic E-state index is 12.8. The summed E-state index contributed by atoms with van der Waals surface area (Å²) in [5.74, 6) is 0.157. The third-order valence-electron chi connectivity index (χ3n) is 4.19. The fourth-order valence-electron chi connectivity index (χ4n) is 2.81. The van der Waals surface area contributed by atoms with Crippen LogP contribution in [0.15, 0.2) is 12.3 Å². The van der Waals surface area contributed by atoms with E-state index in [1.807, 2.05) is 20.8 Å². The Hall–Kier alpha value is -1.86. The second kappa shape index (κ2) is 6.57. The van der Waals surface area contributed by atoms with E-state index >= 15 is 0 Å². The fraction of sp³-hybridized carbons (Fsp3) is 0.688. The van der Waals surface area contributed by atoms with Crippen LogP contribution in [0.1, 0.15) is 39.3 Å². The zero-order valence-electron chi connectivity index (χ0n) is 14.4. The molecule has 1 aliphatic rings. The van der Waals surface area contributed by atoms with Gasteiger partial charge in [-0.05, 0) is 18.9 Å². The first-order valence-corrected chi connectivity index (χ1v) is 7.92. The number of rotatable bonds is 2. The molecular weight excluding hydrogens is 321 g/mol. The number of alkyl halides is 3. The number of halogens is 3. The highest BCUT2D eigenvalue weighted by Crippen LogP contribution is 2.29. The van der Waals surface area contributed by atoms with Gasteiger partial charge in [0.05, 0.1) is 0 Å². The van der Waals surface area contributed by atoms with E-state index in [0.29, 0.717) is 25.9 Å². The molecule has 1 aromatic rings. The zero-order chi connectivity index (χ0) is 18.1. The molecule has 0 aliphatic carbocycles. The quantitative estimate of drug-likeness (QED) is 0.828. The first-order chi connectivity index (χ1) is 11.0. The largest absolute Gasteiger partial charge is 0.433 e. The van der Waals surface area contributed by atoms with Crippen LogP contribution in [-0.2, 0) is 11.0 Å². The first-order valence-electron chi connectivity index (χ1n) is 7.92. The Morgan fingerprint density at radius 3 is 2.33 bits per heavy atom. The van der Waals surface area contributed by atoms with Gasteiger partial charge in [0.2, 0.25) is 11.9 Å². The van der Waals surface area contributed by atoms with Gasteiger partial charge in [0.1, 0.15) is 5.69 Å². The lowest BCUT2D eigenvalue weighted by Crippen LogP contribution is -2.49. The van der Waals surface area contributed by atoms with E-state index in [-0.39, 0.29) is 17.9 Å². The number of aromatic nitrogens is 2. The van der Waals surface area contributed by atoms with Crippen molar-refractivity contribution in [1.82, 2.24) is 14.9 Å². The molecule has 2 rings (SSSR count). The molecule has 0 N–H and O–H groups in total. The monoisotopic (exact) mass is 344 g/mol. The summed E-state index contributed by atoms with van der Waals surface area (Å²) in [7, 11) is 1.79. The molecule has 24 heavy (non-hydrogen) atoms. The molecule has 1 amide bonds. The van der Waals surface area contributed by atoms with E-state index < -0.39 is 17.3 Å². The van der Waals surface area contributed by atoms with Crippen molar-refractivity contribution in [2.24, 2.45) is 5.41 Å². The lowest BCUT2D eigenvalue weighted by atomic mass is 9.93. The minimum atomic E-state index is -4.48. The number of nitrogens with zero attached hydrogens (tertiary/aromatic N) is 4. The molecule has 0 aromatic carbocycles. The van der Waals surface area contributed by atoms with Crippen molar-refractivity contribution in [3.05, 3.63) is 18.0 Å². The van der Waals surface area contributed by atoms with Crippen LogP contribution in [0.3, 0.4) is 0 Å². The van der Waals surface area contributed by atoms with Gasteiger partial charge in [-0.3, -0.25) is 4.79 Å². The van der Waals surface area contributed by atoms with Crippen molar-refractivity contribution in [2.45, 2.75) is 45.8 Å². The third-order valence-corrected chi connectivity index (χ3v) is 4.19. The number of amides is 1. The number of piperidine rings is 1. The normalized spacial score (nSPS) is 17.0. The smallest absolute Gasteiger partial charge is 0.342 e. The van der Waals surface area contributed by atoms with Crippen LogP contribution in [0.4, 0.5) is 19.1 Å². The van der Waals surface area contributed by atoms with Crippen LogP contribution in [-0.4, -0.2) is 47.0 Å². The van der Waals surface area contributed by atoms with Crippen LogP contribution < -0.4 is 4.90 Å². The number of hydrogen-bond acceptors (Lipinski definition) is 4. The van der Waals surface area contributed by atoms with Crippen molar-refractivity contribution in [1.29, 1.82) is 0 Å². The molecule has 1 saturated heterocycles. The van der Waals surface area contributed by atoms with E-state index in [1.165, 1.54) is 0 Å². The molecule has 134 valence electrons. The van der Waals surface area contributed by atoms with Crippen LogP contribution in [0.2, 0.25) is 0 Å². The fourth-order valence-corrected chi connectivity index (χ4v) is 2.81. The predicted octanol–water partition coefficient (Wildman–Crippen LogP) is 2.97. The number of anilines is 1. The Morgan fingerprint density at radius 2 is 1.83 bits per heavy atom. The highest BCUT2D eigenvalue weighted by molar-refractivity contribution is 5.81. The van der Waals surface area contributed by atoms with Crippen molar-refractivity contribution in [3.8, 4) is 0 Å². The molecule has 1 fully saturated rings. The van der Waals surface area contributed by atoms with Gasteiger partial charge in [-0.2, -0.15) is 13.2 Å². The number of carbonyl (C=O) groups excluding carboxylic acids is 1. The van der Waals surface area contributed by atoms with E-state index in [9.17, 15) is 18.0 Å². The van der Waals surface area contributed by atoms with Gasteiger partial charge in [-0.25, -0.2) is 9.97 Å². The maximum absolute atomic E-state index is 12.8. The Labute approximate surface area is 139 Å². The summed E-state index contributed by atoms with van der Waals surface area (Å²) < 4.78 is 38.3. The molecule has 0 unspecified atom stereocenters. The highest BCUT2D eigenvalue weighted by Gasteiger charge is 2.35. The van der Waals surface area contributed by atoms with Gasteiger partial charge in [-0.15, -0.1) is 0 Å². The zero-order valence-corrected chi connectivity index (χ0v) is 14.4. The van der Waals surface area contributed by atoms with Gasteiger partial charge in [0, 0.05) is 37.8 Å². The third kappa shape index (κ3) is 4.15. The Morgan fingerprint density at radius 1 is 1.25 bits per heavy atom. The molecule has 0 bridgehead atoms. The van der Waals surface area contributed by atoms with Crippen LogP contribution in [0, 0.1) is 5.41 Å². The Balaban J connectivity index is 2.02. The van der Waals surface area contributed by atoms with Crippen molar-refractivity contribution in [3.63, 3.8) is 0 Å². The summed E-state index contributed by atoms with van der Waals surface area (Å²) in [5.41, 5.74) is -1.38. The molecule has 0 atom stereocenters. The van der Waals surface area contributed by atoms with Crippen LogP contribution in [0.5, 0.6) is 0 Å². The number of hydrogen-bond donors (Lipinski definition) is 0. The Kier molecular flexibility index (Phi) is 5.05. The second-order valence-corrected chi connectivity index (χ2v) is 7.12. The summed E-state index contributed by atoms with van der Waals surface area (Å²) in [4.78, 5) is 23.4. The summed E-state index contributed by atoms with van der Waals surface area (Å²) in [6.07, 6.45) is -1.99. The summed E-state index contributed by atoms with van der Waals surface area (Å²) >= 11 is 0. The molecule has 2 heterocycles. The maximum Gasteiger partial charge on any atom is 0.433 e. The lowest BCUT2D eigenvalue weighted by Gasteiger charge is -2.39. The van der Waals surface area contributed by atoms with Crippen molar-refractivity contribution in [2.75, 3.05) is 25.0 Å². The second-order valence-electron chi connectivity index (χ2n) is 7.12. The van der Waals surface area contributed by atoms with Gasteiger partial charge >= 0.3 is 6.18 Å². The average Bonchev–Trinajstić information content (AvgIpc) is 2.52. The molecule has 1 aliphatic heterocycles. The van der Waals surface area contributed by atoms with Crippen molar-refractivity contribution < 1.29 is 18.0 Å². The SMILES string of the molecule is CN(C(=O)C(C)(C)C)C1CCN(c2nccc(C(F)(F)F)n2)CC1. The Bertz CT molecular complexity index is 590. The minimum Gasteiger partial charge on any atom is -0.342 e. The van der Waals surface area contributed by atoms with Gasteiger partial charge in [-0.1, -0.05) is 20.8 Å². The molecule has 5 nitrogen and oxygen atoms in total. The first kappa shape index (κ1) is 18.5. The summed E-state index contributed by atoms with van der Waals surface area (Å²) in [5, 5.41) is 0. The summed E-state index contributed by atoms with van der Waals surface area (Å²) in [6.45, 7) is 6.66. The molecule has 0 spiro atoms. The minimum absolute atomic E-state index is 0.0660. The van der Waals surface area contributed by atoms with E-state index in [4.69, 9.17) is 0 Å². The average molecular weight is 344 g/mol. The molecule has 1 aromatic heterocycles. The molecule has 0 radical (unpaired) electrons. The number of carbonyl (C=O) groups is 1. The molecular formula is C16H23F3N4O. The highest BCUT2D eigenvalue weighted by atomic mass is 19.4.